The Labute approximate surface area is 206 Å². The first kappa shape index (κ1) is 25.5. The summed E-state index contributed by atoms with van der Waals surface area (Å²) in [6, 6.07) is 3.02. The van der Waals surface area contributed by atoms with Gasteiger partial charge in [-0.1, -0.05) is 37.6 Å². The molecule has 188 valence electrons. The lowest BCUT2D eigenvalue weighted by molar-refractivity contribution is 0.0718. The van der Waals surface area contributed by atoms with E-state index in [0.29, 0.717) is 0 Å². The van der Waals surface area contributed by atoms with Crippen molar-refractivity contribution in [2.75, 3.05) is 6.61 Å². The Morgan fingerprint density at radius 1 is 0.824 bits per heavy atom. The lowest BCUT2D eigenvalue weighted by Gasteiger charge is -2.45. The molecular formula is C31H44F2O. The summed E-state index contributed by atoms with van der Waals surface area (Å²) >= 11 is 0. The molecule has 3 fully saturated rings. The lowest BCUT2D eigenvalue weighted by atomic mass is 9.61. The minimum absolute atomic E-state index is 0.189. The predicted octanol–water partition coefficient (Wildman–Crippen LogP) is 9.38. The molecule has 0 amide bonds. The van der Waals surface area contributed by atoms with E-state index in [1.165, 1.54) is 76.3 Å². The minimum Gasteiger partial charge on any atom is -0.483 e. The highest BCUT2D eigenvalue weighted by molar-refractivity contribution is 5.33. The van der Waals surface area contributed by atoms with Gasteiger partial charge in [-0.2, -0.15) is 0 Å². The smallest absolute Gasteiger partial charge is 0.191 e. The number of hydrogen-bond acceptors (Lipinski definition) is 1. The number of allylic oxidation sites excluding steroid dienone is 3. The first-order valence-corrected chi connectivity index (χ1v) is 14.0. The third kappa shape index (κ3) is 6.32. The van der Waals surface area contributed by atoms with Crippen LogP contribution in [-0.2, 0) is 0 Å². The Hall–Kier alpha value is -1.64. The molecule has 0 aromatic heterocycles. The molecule has 3 aliphatic rings. The molecule has 4 atom stereocenters. The van der Waals surface area contributed by atoms with E-state index in [2.05, 4.69) is 19.1 Å². The standard InChI is InChI=1S/C31H44F2O/c1-3-5-7-8-22-9-10-27-19-26(16-15-25(27)18-22)23-11-13-24(14-12-23)28-20-29(32)31(30(33)21-28)34-17-6-4-2/h4,6-8,20-27H,3,5,9-19H2,1-2H3/t22?,23?,24?,25-,26-,27-/m1/s1. The van der Waals surface area contributed by atoms with Crippen LogP contribution < -0.4 is 4.74 Å². The topological polar surface area (TPSA) is 9.23 Å². The van der Waals surface area contributed by atoms with Crippen LogP contribution in [0.15, 0.2) is 36.4 Å². The highest BCUT2D eigenvalue weighted by atomic mass is 19.1. The molecule has 34 heavy (non-hydrogen) atoms. The zero-order chi connectivity index (χ0) is 23.9. The van der Waals surface area contributed by atoms with Crippen molar-refractivity contribution in [3.8, 4) is 5.75 Å². The van der Waals surface area contributed by atoms with E-state index < -0.39 is 11.6 Å². The van der Waals surface area contributed by atoms with Gasteiger partial charge in [0.2, 0.25) is 0 Å². The van der Waals surface area contributed by atoms with Crippen LogP contribution >= 0.6 is 0 Å². The van der Waals surface area contributed by atoms with Crippen LogP contribution in [0.25, 0.3) is 0 Å². The number of hydrogen-bond donors (Lipinski definition) is 0. The van der Waals surface area contributed by atoms with Crippen molar-refractivity contribution in [1.29, 1.82) is 0 Å². The van der Waals surface area contributed by atoms with Crippen LogP contribution in [0.2, 0.25) is 0 Å². The van der Waals surface area contributed by atoms with Crippen LogP contribution in [-0.4, -0.2) is 6.61 Å². The van der Waals surface area contributed by atoms with E-state index in [1.54, 1.807) is 6.08 Å². The summed E-state index contributed by atoms with van der Waals surface area (Å²) in [6.45, 7) is 4.30. The lowest BCUT2D eigenvalue weighted by Crippen LogP contribution is -2.34. The molecule has 3 aliphatic carbocycles. The van der Waals surface area contributed by atoms with E-state index in [0.717, 1.165) is 48.0 Å². The molecule has 1 nitrogen and oxygen atoms in total. The fraction of sp³-hybridized carbons (Fsp3) is 0.677. The second-order valence-electron chi connectivity index (χ2n) is 11.2. The SMILES string of the molecule is CC=CCOc1c(F)cc(C2CCC([C@@H]3CC[C@@H]4CC(C=CCCC)CC[C@@H]4C3)CC2)cc1F. The second kappa shape index (κ2) is 12.4. The monoisotopic (exact) mass is 470 g/mol. The van der Waals surface area contributed by atoms with E-state index in [-0.39, 0.29) is 18.3 Å². The molecule has 4 rings (SSSR count). The highest BCUT2D eigenvalue weighted by Gasteiger charge is 2.38. The molecule has 0 spiro atoms. The molecule has 0 N–H and O–H groups in total. The van der Waals surface area contributed by atoms with Crippen molar-refractivity contribution < 1.29 is 13.5 Å². The van der Waals surface area contributed by atoms with Gasteiger partial charge in [0.15, 0.2) is 17.4 Å². The zero-order valence-electron chi connectivity index (χ0n) is 21.3. The van der Waals surface area contributed by atoms with Gasteiger partial charge in [0, 0.05) is 0 Å². The van der Waals surface area contributed by atoms with Gasteiger partial charge in [-0.15, -0.1) is 0 Å². The van der Waals surface area contributed by atoms with Crippen molar-refractivity contribution in [3.63, 3.8) is 0 Å². The van der Waals surface area contributed by atoms with Gasteiger partial charge in [-0.05, 0) is 131 Å². The molecule has 0 radical (unpaired) electrons. The molecule has 1 aromatic rings. The summed E-state index contributed by atoms with van der Waals surface area (Å²) in [5.74, 6) is 3.25. The number of fused-ring (bicyclic) bond motifs is 1. The maximum Gasteiger partial charge on any atom is 0.191 e. The Balaban J connectivity index is 1.27. The van der Waals surface area contributed by atoms with E-state index in [9.17, 15) is 8.78 Å². The number of ether oxygens (including phenoxy) is 1. The quantitative estimate of drug-likeness (QED) is 0.344. The third-order valence-electron chi connectivity index (χ3n) is 9.05. The van der Waals surface area contributed by atoms with Crippen molar-refractivity contribution >= 4 is 0 Å². The summed E-state index contributed by atoms with van der Waals surface area (Å²) in [6.07, 6.45) is 23.9. The molecule has 3 heteroatoms. The summed E-state index contributed by atoms with van der Waals surface area (Å²) in [4.78, 5) is 0. The largest absolute Gasteiger partial charge is 0.483 e. The van der Waals surface area contributed by atoms with Gasteiger partial charge >= 0.3 is 0 Å². The maximum absolute atomic E-state index is 14.5. The first-order chi connectivity index (χ1) is 16.6. The highest BCUT2D eigenvalue weighted by Crippen LogP contribution is 2.50. The Bertz CT molecular complexity index is 813. The van der Waals surface area contributed by atoms with Crippen LogP contribution in [0, 0.1) is 41.2 Å². The van der Waals surface area contributed by atoms with E-state index in [4.69, 9.17) is 4.74 Å². The molecule has 3 saturated carbocycles. The molecule has 0 saturated heterocycles. The number of unbranched alkanes of at least 4 members (excludes halogenated alkanes) is 1. The number of benzene rings is 1. The fourth-order valence-corrected chi connectivity index (χ4v) is 7.12. The Morgan fingerprint density at radius 2 is 1.44 bits per heavy atom. The third-order valence-corrected chi connectivity index (χ3v) is 9.05. The van der Waals surface area contributed by atoms with Gasteiger partial charge < -0.3 is 4.74 Å². The van der Waals surface area contributed by atoms with Gasteiger partial charge in [0.05, 0.1) is 0 Å². The second-order valence-corrected chi connectivity index (χ2v) is 11.2. The first-order valence-electron chi connectivity index (χ1n) is 14.0. The van der Waals surface area contributed by atoms with E-state index in [1.807, 2.05) is 13.0 Å². The summed E-state index contributed by atoms with van der Waals surface area (Å²) in [5.41, 5.74) is 0.810. The molecule has 0 heterocycles. The summed E-state index contributed by atoms with van der Waals surface area (Å²) < 4.78 is 34.4. The van der Waals surface area contributed by atoms with Crippen molar-refractivity contribution in [1.82, 2.24) is 0 Å². The van der Waals surface area contributed by atoms with Crippen LogP contribution in [0.1, 0.15) is 102 Å². The van der Waals surface area contributed by atoms with Gasteiger partial charge in [0.1, 0.15) is 6.61 Å². The molecule has 1 aromatic carbocycles. The van der Waals surface area contributed by atoms with Gasteiger partial charge in [0.25, 0.3) is 0 Å². The number of halogens is 2. The normalized spacial score (nSPS) is 32.2. The minimum atomic E-state index is -0.569. The zero-order valence-corrected chi connectivity index (χ0v) is 21.3. The average molecular weight is 471 g/mol. The Morgan fingerprint density at radius 3 is 2.12 bits per heavy atom. The molecule has 1 unspecified atom stereocenters. The van der Waals surface area contributed by atoms with Crippen molar-refractivity contribution in [2.24, 2.45) is 29.6 Å². The predicted molar refractivity (Wildman–Crippen MR) is 137 cm³/mol. The van der Waals surface area contributed by atoms with Crippen LogP contribution in [0.4, 0.5) is 8.78 Å². The Kier molecular flexibility index (Phi) is 9.25. The average Bonchev–Trinajstić information content (AvgIpc) is 2.85. The summed E-state index contributed by atoms with van der Waals surface area (Å²) in [5, 5.41) is 0. The maximum atomic E-state index is 14.5. The fourth-order valence-electron chi connectivity index (χ4n) is 7.12. The van der Waals surface area contributed by atoms with Crippen molar-refractivity contribution in [2.45, 2.75) is 96.8 Å². The van der Waals surface area contributed by atoms with Crippen molar-refractivity contribution in [3.05, 3.63) is 53.6 Å². The molecular weight excluding hydrogens is 426 g/mol. The number of rotatable bonds is 8. The van der Waals surface area contributed by atoms with Gasteiger partial charge in [-0.25, -0.2) is 8.78 Å². The summed E-state index contributed by atoms with van der Waals surface area (Å²) in [7, 11) is 0. The molecule has 0 aliphatic heterocycles. The van der Waals surface area contributed by atoms with E-state index >= 15 is 0 Å². The van der Waals surface area contributed by atoms with Crippen LogP contribution in [0.3, 0.4) is 0 Å². The van der Waals surface area contributed by atoms with Gasteiger partial charge in [-0.3, -0.25) is 0 Å². The molecule has 0 bridgehead atoms. The van der Waals surface area contributed by atoms with Crippen LogP contribution in [0.5, 0.6) is 5.75 Å².